The summed E-state index contributed by atoms with van der Waals surface area (Å²) in [7, 11) is 0. The van der Waals surface area contributed by atoms with Crippen LogP contribution in [0, 0.1) is 5.92 Å². The van der Waals surface area contributed by atoms with Gasteiger partial charge in [-0.15, -0.1) is 0 Å². The van der Waals surface area contributed by atoms with Crippen LogP contribution >= 0.6 is 11.8 Å². The molecule has 18 heavy (non-hydrogen) atoms. The van der Waals surface area contributed by atoms with Gasteiger partial charge in [-0.3, -0.25) is 4.79 Å². The average molecular weight is 274 g/mol. The lowest BCUT2D eigenvalue weighted by Crippen LogP contribution is -2.54. The largest absolute Gasteiger partial charge is 0.368 e. The summed E-state index contributed by atoms with van der Waals surface area (Å²) in [6, 6.07) is 0. The maximum Gasteiger partial charge on any atom is 0.237 e. The lowest BCUT2D eigenvalue weighted by Gasteiger charge is -2.30. The topological polar surface area (TPSA) is 55.1 Å². The molecule has 0 heterocycles. The number of carbonyl (C=O) groups excluding carboxylic acids is 1. The van der Waals surface area contributed by atoms with Crippen molar-refractivity contribution in [1.82, 2.24) is 5.32 Å². The summed E-state index contributed by atoms with van der Waals surface area (Å²) in [4.78, 5) is 11.6. The van der Waals surface area contributed by atoms with E-state index in [1.807, 2.05) is 18.7 Å². The zero-order chi connectivity index (χ0) is 14.2. The minimum Gasteiger partial charge on any atom is -0.368 e. The molecule has 0 aromatic heterocycles. The monoisotopic (exact) mass is 274 g/mol. The third-order valence-electron chi connectivity index (χ3n) is 3.10. The zero-order valence-electron chi connectivity index (χ0n) is 12.6. The standard InChI is InChI=1S/C14H30N2OS/c1-6-8-16-14(5,13(15)17)10-12(4)18-9-7-11(2)3/h11-12,16H,6-10H2,1-5H3,(H2,15,17). The van der Waals surface area contributed by atoms with E-state index < -0.39 is 5.54 Å². The lowest BCUT2D eigenvalue weighted by atomic mass is 9.95. The predicted octanol–water partition coefficient (Wildman–Crippen LogP) is 2.79. The van der Waals surface area contributed by atoms with Crippen LogP contribution in [0.25, 0.3) is 0 Å². The van der Waals surface area contributed by atoms with E-state index in [1.165, 1.54) is 6.42 Å². The SMILES string of the molecule is CCCNC(C)(CC(C)SCCC(C)C)C(N)=O. The maximum atomic E-state index is 11.6. The third-order valence-corrected chi connectivity index (χ3v) is 4.31. The number of amides is 1. The van der Waals surface area contributed by atoms with Crippen molar-refractivity contribution in [3.63, 3.8) is 0 Å². The van der Waals surface area contributed by atoms with Crippen molar-refractivity contribution in [1.29, 1.82) is 0 Å². The first-order valence-corrected chi connectivity index (χ1v) is 8.03. The van der Waals surface area contributed by atoms with Crippen LogP contribution in [0.1, 0.15) is 53.9 Å². The summed E-state index contributed by atoms with van der Waals surface area (Å²) in [6.07, 6.45) is 3.04. The Hall–Kier alpha value is -0.220. The van der Waals surface area contributed by atoms with Gasteiger partial charge in [0.2, 0.25) is 5.91 Å². The molecule has 3 N–H and O–H groups in total. The van der Waals surface area contributed by atoms with Crippen molar-refractivity contribution >= 4 is 17.7 Å². The second-order valence-electron chi connectivity index (χ2n) is 5.69. The number of nitrogens with two attached hydrogens (primary N) is 1. The van der Waals surface area contributed by atoms with Crippen LogP contribution in [0.3, 0.4) is 0 Å². The maximum absolute atomic E-state index is 11.6. The molecule has 0 saturated heterocycles. The number of nitrogens with one attached hydrogen (secondary N) is 1. The van der Waals surface area contributed by atoms with E-state index in [0.717, 1.165) is 31.1 Å². The number of primary amides is 1. The van der Waals surface area contributed by atoms with Gasteiger partial charge in [0.05, 0.1) is 5.54 Å². The molecule has 4 heteroatoms. The van der Waals surface area contributed by atoms with Crippen LogP contribution in [-0.4, -0.2) is 29.0 Å². The fraction of sp³-hybridized carbons (Fsp3) is 0.929. The number of carbonyl (C=O) groups is 1. The number of hydrogen-bond donors (Lipinski definition) is 2. The smallest absolute Gasteiger partial charge is 0.237 e. The summed E-state index contributed by atoms with van der Waals surface area (Å²) in [5.41, 5.74) is 4.96. The highest BCUT2D eigenvalue weighted by atomic mass is 32.2. The van der Waals surface area contributed by atoms with Crippen molar-refractivity contribution < 1.29 is 4.79 Å². The van der Waals surface area contributed by atoms with Gasteiger partial charge in [-0.05, 0) is 44.4 Å². The van der Waals surface area contributed by atoms with E-state index in [1.54, 1.807) is 0 Å². The van der Waals surface area contributed by atoms with Gasteiger partial charge in [-0.25, -0.2) is 0 Å². The Morgan fingerprint density at radius 3 is 2.44 bits per heavy atom. The van der Waals surface area contributed by atoms with Gasteiger partial charge in [-0.2, -0.15) is 11.8 Å². The fourth-order valence-electron chi connectivity index (χ4n) is 1.80. The molecule has 3 nitrogen and oxygen atoms in total. The molecule has 108 valence electrons. The van der Waals surface area contributed by atoms with Crippen molar-refractivity contribution in [2.75, 3.05) is 12.3 Å². The number of rotatable bonds is 10. The zero-order valence-corrected chi connectivity index (χ0v) is 13.4. The first kappa shape index (κ1) is 17.8. The summed E-state index contributed by atoms with van der Waals surface area (Å²) < 4.78 is 0. The molecule has 0 rings (SSSR count). The first-order chi connectivity index (χ1) is 8.31. The third kappa shape index (κ3) is 7.27. The minimum absolute atomic E-state index is 0.243. The molecule has 2 unspecified atom stereocenters. The van der Waals surface area contributed by atoms with Gasteiger partial charge in [0, 0.05) is 5.25 Å². The molecule has 0 aliphatic carbocycles. The van der Waals surface area contributed by atoms with Crippen molar-refractivity contribution in [3.05, 3.63) is 0 Å². The van der Waals surface area contributed by atoms with E-state index in [2.05, 4.69) is 33.0 Å². The highest BCUT2D eigenvalue weighted by Crippen LogP contribution is 2.23. The van der Waals surface area contributed by atoms with Crippen LogP contribution in [0.15, 0.2) is 0 Å². The van der Waals surface area contributed by atoms with Crippen LogP contribution in [-0.2, 0) is 4.79 Å². The Morgan fingerprint density at radius 1 is 1.39 bits per heavy atom. The average Bonchev–Trinajstić information content (AvgIpc) is 2.25. The van der Waals surface area contributed by atoms with Gasteiger partial charge < -0.3 is 11.1 Å². The van der Waals surface area contributed by atoms with Crippen LogP contribution in [0.5, 0.6) is 0 Å². The quantitative estimate of drug-likeness (QED) is 0.644. The number of thioether (sulfide) groups is 1. The normalized spacial score (nSPS) is 16.6. The molecular formula is C14H30N2OS. The Bertz CT molecular complexity index is 246. The van der Waals surface area contributed by atoms with E-state index in [9.17, 15) is 4.79 Å². The molecule has 0 aliphatic heterocycles. The Labute approximate surface area is 117 Å². The second-order valence-corrected chi connectivity index (χ2v) is 7.24. The van der Waals surface area contributed by atoms with Crippen molar-refractivity contribution in [3.8, 4) is 0 Å². The molecule has 0 aliphatic rings. The highest BCUT2D eigenvalue weighted by Gasteiger charge is 2.31. The van der Waals surface area contributed by atoms with Crippen LogP contribution < -0.4 is 11.1 Å². The first-order valence-electron chi connectivity index (χ1n) is 6.98. The number of hydrogen-bond acceptors (Lipinski definition) is 3. The molecule has 0 bridgehead atoms. The van der Waals surface area contributed by atoms with Gasteiger partial charge in [0.1, 0.15) is 0 Å². The van der Waals surface area contributed by atoms with Gasteiger partial charge >= 0.3 is 0 Å². The van der Waals surface area contributed by atoms with Crippen LogP contribution in [0.2, 0.25) is 0 Å². The molecule has 0 saturated carbocycles. The van der Waals surface area contributed by atoms with E-state index in [0.29, 0.717) is 5.25 Å². The summed E-state index contributed by atoms with van der Waals surface area (Å²) in [6.45, 7) is 11.5. The van der Waals surface area contributed by atoms with Gasteiger partial charge in [0.25, 0.3) is 0 Å². The summed E-state index contributed by atoms with van der Waals surface area (Å²) >= 11 is 1.93. The van der Waals surface area contributed by atoms with E-state index in [4.69, 9.17) is 5.73 Å². The Kier molecular flexibility index (Phi) is 8.70. The van der Waals surface area contributed by atoms with Crippen LogP contribution in [0.4, 0.5) is 0 Å². The van der Waals surface area contributed by atoms with Gasteiger partial charge in [0.15, 0.2) is 0 Å². The van der Waals surface area contributed by atoms with Crippen molar-refractivity contribution in [2.45, 2.75) is 64.7 Å². The second kappa shape index (κ2) is 8.81. The fourth-order valence-corrected chi connectivity index (χ4v) is 3.26. The molecule has 0 radical (unpaired) electrons. The molecule has 0 fully saturated rings. The molecule has 0 aromatic rings. The molecule has 0 aromatic carbocycles. The Balaban J connectivity index is 4.18. The summed E-state index contributed by atoms with van der Waals surface area (Å²) in [5.74, 6) is 1.65. The molecular weight excluding hydrogens is 244 g/mol. The molecule has 0 spiro atoms. The van der Waals surface area contributed by atoms with Gasteiger partial charge in [-0.1, -0.05) is 27.7 Å². The molecule has 2 atom stereocenters. The Morgan fingerprint density at radius 2 is 2.00 bits per heavy atom. The lowest BCUT2D eigenvalue weighted by molar-refractivity contribution is -0.124. The molecule has 1 amide bonds. The predicted molar refractivity (Wildman–Crippen MR) is 81.9 cm³/mol. The van der Waals surface area contributed by atoms with Crippen molar-refractivity contribution in [2.24, 2.45) is 11.7 Å². The minimum atomic E-state index is -0.569. The van der Waals surface area contributed by atoms with E-state index >= 15 is 0 Å². The van der Waals surface area contributed by atoms with E-state index in [-0.39, 0.29) is 5.91 Å². The highest BCUT2D eigenvalue weighted by molar-refractivity contribution is 7.99. The summed E-state index contributed by atoms with van der Waals surface area (Å²) in [5, 5.41) is 3.74.